The maximum Gasteiger partial charge on any atom is 0.337 e. The number of hydrogen-bond donors (Lipinski definition) is 1. The van der Waals surface area contributed by atoms with Crippen molar-refractivity contribution in [1.82, 2.24) is 4.98 Å². The molecule has 0 radical (unpaired) electrons. The second-order valence-corrected chi connectivity index (χ2v) is 5.04. The van der Waals surface area contributed by atoms with E-state index in [-0.39, 0.29) is 5.56 Å². The summed E-state index contributed by atoms with van der Waals surface area (Å²) in [5.74, 6) is -0.932. The number of rotatable bonds is 3. The third kappa shape index (κ3) is 2.50. The smallest absolute Gasteiger partial charge is 0.337 e. The summed E-state index contributed by atoms with van der Waals surface area (Å²) in [6, 6.07) is 10.1. The number of carboxylic acid groups (broad SMARTS) is 1. The molecule has 20 heavy (non-hydrogen) atoms. The van der Waals surface area contributed by atoms with Gasteiger partial charge in [-0.05, 0) is 36.1 Å². The minimum absolute atomic E-state index is 0.243. The van der Waals surface area contributed by atoms with Crippen molar-refractivity contribution in [2.75, 3.05) is 11.4 Å². The molecule has 1 aromatic carbocycles. The molecule has 4 heteroatoms. The maximum atomic E-state index is 11.0. The zero-order chi connectivity index (χ0) is 13.9. The summed E-state index contributed by atoms with van der Waals surface area (Å²) in [5.41, 5.74) is 3.79. The number of benzene rings is 1. The number of aromatic carboxylic acids is 1. The monoisotopic (exact) mass is 268 g/mol. The highest BCUT2D eigenvalue weighted by Gasteiger charge is 2.16. The van der Waals surface area contributed by atoms with Crippen molar-refractivity contribution in [3.8, 4) is 0 Å². The van der Waals surface area contributed by atoms with Crippen LogP contribution in [0.3, 0.4) is 0 Å². The second-order valence-electron chi connectivity index (χ2n) is 5.04. The van der Waals surface area contributed by atoms with Crippen LogP contribution in [0, 0.1) is 0 Å². The van der Waals surface area contributed by atoms with Gasteiger partial charge in [-0.25, -0.2) is 4.79 Å². The highest BCUT2D eigenvalue weighted by Crippen LogP contribution is 2.27. The van der Waals surface area contributed by atoms with Crippen LogP contribution in [0.25, 0.3) is 0 Å². The molecule has 1 aliphatic rings. The van der Waals surface area contributed by atoms with Crippen LogP contribution in [0.5, 0.6) is 0 Å². The quantitative estimate of drug-likeness (QED) is 0.930. The van der Waals surface area contributed by atoms with Gasteiger partial charge in [0.15, 0.2) is 0 Å². The molecular formula is C16H16N2O2. The summed E-state index contributed by atoms with van der Waals surface area (Å²) >= 11 is 0. The first-order valence-electron chi connectivity index (χ1n) is 6.74. The van der Waals surface area contributed by atoms with Gasteiger partial charge in [-0.3, -0.25) is 4.98 Å². The standard InChI is InChI=1S/C16H16N2O2/c19-16(20)14-8-12(9-17-10-14)11-18-7-3-5-13-4-1-2-6-15(13)18/h1-2,4,6,8-10H,3,5,7,11H2,(H,19,20). The molecule has 102 valence electrons. The number of hydrogen-bond acceptors (Lipinski definition) is 3. The number of fused-ring (bicyclic) bond motifs is 1. The van der Waals surface area contributed by atoms with Gasteiger partial charge >= 0.3 is 5.97 Å². The summed E-state index contributed by atoms with van der Waals surface area (Å²) in [7, 11) is 0. The molecule has 0 spiro atoms. The first kappa shape index (κ1) is 12.7. The molecule has 0 bridgehead atoms. The number of anilines is 1. The van der Waals surface area contributed by atoms with E-state index < -0.39 is 5.97 Å². The number of para-hydroxylation sites is 1. The third-order valence-corrected chi connectivity index (χ3v) is 3.62. The number of aryl methyl sites for hydroxylation is 1. The average molecular weight is 268 g/mol. The number of nitrogens with zero attached hydrogens (tertiary/aromatic N) is 2. The Morgan fingerprint density at radius 1 is 1.30 bits per heavy atom. The molecule has 0 aliphatic carbocycles. The van der Waals surface area contributed by atoms with Crippen LogP contribution in [-0.2, 0) is 13.0 Å². The van der Waals surface area contributed by atoms with E-state index in [2.05, 4.69) is 28.1 Å². The normalized spacial score (nSPS) is 13.9. The second kappa shape index (κ2) is 5.33. The largest absolute Gasteiger partial charge is 0.478 e. The molecule has 1 aromatic heterocycles. The zero-order valence-corrected chi connectivity index (χ0v) is 11.1. The SMILES string of the molecule is O=C(O)c1cncc(CN2CCCc3ccccc32)c1. The maximum absolute atomic E-state index is 11.0. The highest BCUT2D eigenvalue weighted by molar-refractivity contribution is 5.87. The fraction of sp³-hybridized carbons (Fsp3) is 0.250. The van der Waals surface area contributed by atoms with Gasteiger partial charge in [0.1, 0.15) is 0 Å². The Labute approximate surface area is 117 Å². The van der Waals surface area contributed by atoms with Crippen molar-refractivity contribution >= 4 is 11.7 Å². The van der Waals surface area contributed by atoms with Crippen LogP contribution in [0.2, 0.25) is 0 Å². The van der Waals surface area contributed by atoms with Crippen molar-refractivity contribution < 1.29 is 9.90 Å². The van der Waals surface area contributed by atoms with Crippen molar-refractivity contribution in [3.63, 3.8) is 0 Å². The molecule has 0 unspecified atom stereocenters. The van der Waals surface area contributed by atoms with Crippen LogP contribution in [0.4, 0.5) is 5.69 Å². The molecule has 0 fully saturated rings. The van der Waals surface area contributed by atoms with Gasteiger partial charge in [-0.1, -0.05) is 18.2 Å². The van der Waals surface area contributed by atoms with E-state index in [1.54, 1.807) is 12.3 Å². The van der Waals surface area contributed by atoms with Crippen LogP contribution in [0.15, 0.2) is 42.7 Å². The number of carboxylic acids is 1. The molecule has 2 heterocycles. The lowest BCUT2D eigenvalue weighted by atomic mass is 10.0. The van der Waals surface area contributed by atoms with E-state index in [1.165, 1.54) is 17.4 Å². The Bertz CT molecular complexity index is 640. The minimum Gasteiger partial charge on any atom is -0.478 e. The van der Waals surface area contributed by atoms with Crippen molar-refractivity contribution in [2.45, 2.75) is 19.4 Å². The van der Waals surface area contributed by atoms with Crippen molar-refractivity contribution in [1.29, 1.82) is 0 Å². The lowest BCUT2D eigenvalue weighted by molar-refractivity contribution is 0.0696. The summed E-state index contributed by atoms with van der Waals surface area (Å²) in [5, 5.41) is 9.02. The van der Waals surface area contributed by atoms with Gasteiger partial charge in [0, 0.05) is 31.2 Å². The molecule has 0 saturated heterocycles. The summed E-state index contributed by atoms with van der Waals surface area (Å²) in [6.07, 6.45) is 5.36. The topological polar surface area (TPSA) is 53.4 Å². The molecule has 0 atom stereocenters. The zero-order valence-electron chi connectivity index (χ0n) is 11.1. The molecule has 2 aromatic rings. The summed E-state index contributed by atoms with van der Waals surface area (Å²) < 4.78 is 0. The molecule has 1 aliphatic heterocycles. The van der Waals surface area contributed by atoms with Crippen LogP contribution >= 0.6 is 0 Å². The molecule has 3 rings (SSSR count). The Hall–Kier alpha value is -2.36. The van der Waals surface area contributed by atoms with Gasteiger partial charge in [-0.15, -0.1) is 0 Å². The number of aromatic nitrogens is 1. The Balaban J connectivity index is 1.85. The van der Waals surface area contributed by atoms with E-state index >= 15 is 0 Å². The lowest BCUT2D eigenvalue weighted by Gasteiger charge is -2.31. The van der Waals surface area contributed by atoms with E-state index in [0.717, 1.165) is 24.9 Å². The fourth-order valence-corrected chi connectivity index (χ4v) is 2.69. The van der Waals surface area contributed by atoms with Crippen LogP contribution in [-0.4, -0.2) is 22.6 Å². The van der Waals surface area contributed by atoms with E-state index in [4.69, 9.17) is 5.11 Å². The minimum atomic E-state index is -0.932. The van der Waals surface area contributed by atoms with Crippen molar-refractivity contribution in [3.05, 3.63) is 59.4 Å². The Kier molecular flexibility index (Phi) is 3.37. The van der Waals surface area contributed by atoms with Crippen molar-refractivity contribution in [2.24, 2.45) is 0 Å². The molecule has 0 saturated carbocycles. The Morgan fingerprint density at radius 2 is 2.15 bits per heavy atom. The van der Waals surface area contributed by atoms with Crippen LogP contribution in [0.1, 0.15) is 27.9 Å². The average Bonchev–Trinajstić information content (AvgIpc) is 2.48. The predicted molar refractivity (Wildman–Crippen MR) is 77.0 cm³/mol. The van der Waals surface area contributed by atoms with E-state index in [0.29, 0.717) is 6.54 Å². The van der Waals surface area contributed by atoms with E-state index in [9.17, 15) is 4.79 Å². The number of pyridine rings is 1. The van der Waals surface area contributed by atoms with Crippen LogP contribution < -0.4 is 4.90 Å². The summed E-state index contributed by atoms with van der Waals surface area (Å²) in [4.78, 5) is 17.3. The van der Waals surface area contributed by atoms with Gasteiger partial charge in [0.2, 0.25) is 0 Å². The lowest BCUT2D eigenvalue weighted by Crippen LogP contribution is -2.28. The Morgan fingerprint density at radius 3 is 3.00 bits per heavy atom. The van der Waals surface area contributed by atoms with Gasteiger partial charge in [0.05, 0.1) is 5.56 Å². The fourth-order valence-electron chi connectivity index (χ4n) is 2.69. The highest BCUT2D eigenvalue weighted by atomic mass is 16.4. The van der Waals surface area contributed by atoms with Gasteiger partial charge < -0.3 is 10.0 Å². The predicted octanol–water partition coefficient (Wildman–Crippen LogP) is 2.73. The molecule has 0 amide bonds. The third-order valence-electron chi connectivity index (χ3n) is 3.62. The number of carbonyl (C=O) groups is 1. The summed E-state index contributed by atoms with van der Waals surface area (Å²) in [6.45, 7) is 1.69. The van der Waals surface area contributed by atoms with Gasteiger partial charge in [-0.2, -0.15) is 0 Å². The molecule has 1 N–H and O–H groups in total. The van der Waals surface area contributed by atoms with E-state index in [1.807, 2.05) is 6.07 Å². The first-order valence-corrected chi connectivity index (χ1v) is 6.74. The molecule has 4 nitrogen and oxygen atoms in total. The first-order chi connectivity index (χ1) is 9.74. The van der Waals surface area contributed by atoms with Gasteiger partial charge in [0.25, 0.3) is 0 Å². The molecular weight excluding hydrogens is 252 g/mol.